The van der Waals surface area contributed by atoms with Crippen molar-refractivity contribution in [3.05, 3.63) is 17.9 Å². The lowest BCUT2D eigenvalue weighted by Crippen LogP contribution is -2.36. The first-order valence-corrected chi connectivity index (χ1v) is 5.18. The van der Waals surface area contributed by atoms with E-state index >= 15 is 0 Å². The van der Waals surface area contributed by atoms with Crippen LogP contribution in [0.3, 0.4) is 0 Å². The molecule has 0 bridgehead atoms. The Kier molecular flexibility index (Phi) is 3.14. The van der Waals surface area contributed by atoms with Crippen LogP contribution in [0.4, 0.5) is 15.8 Å². The molecule has 5 heteroatoms. The molecule has 0 radical (unpaired) electrons. The quantitative estimate of drug-likeness (QED) is 0.771. The number of hydrogen-bond acceptors (Lipinski definition) is 4. The molecule has 1 saturated heterocycles. The van der Waals surface area contributed by atoms with Gasteiger partial charge in [-0.15, -0.1) is 0 Å². The summed E-state index contributed by atoms with van der Waals surface area (Å²) in [6, 6.07) is 3.19. The Morgan fingerprint density at radius 3 is 2.69 bits per heavy atom. The number of benzene rings is 1. The maximum atomic E-state index is 13.5. The summed E-state index contributed by atoms with van der Waals surface area (Å²) in [7, 11) is 1.48. The average Bonchev–Trinajstić information content (AvgIpc) is 2.33. The largest absolute Gasteiger partial charge is 0.494 e. The van der Waals surface area contributed by atoms with Crippen LogP contribution in [0.5, 0.6) is 5.75 Å². The smallest absolute Gasteiger partial charge is 0.151 e. The number of methoxy groups -OCH3 is 1. The number of anilines is 2. The number of morpholine rings is 1. The number of nitrogens with two attached hydrogens (primary N) is 1. The van der Waals surface area contributed by atoms with E-state index < -0.39 is 5.82 Å². The standard InChI is InChI=1S/C11H15FN2O2/c1-15-10-7-8(6-9(12)11(10)13)14-2-4-16-5-3-14/h6-7H,2-5,13H2,1H3. The van der Waals surface area contributed by atoms with Gasteiger partial charge in [-0.2, -0.15) is 0 Å². The minimum Gasteiger partial charge on any atom is -0.494 e. The summed E-state index contributed by atoms with van der Waals surface area (Å²) in [4.78, 5) is 2.05. The van der Waals surface area contributed by atoms with Crippen LogP contribution < -0.4 is 15.4 Å². The van der Waals surface area contributed by atoms with Crippen molar-refractivity contribution >= 4 is 11.4 Å². The van der Waals surface area contributed by atoms with Gasteiger partial charge < -0.3 is 20.1 Å². The number of rotatable bonds is 2. The van der Waals surface area contributed by atoms with Crippen molar-refractivity contribution in [2.45, 2.75) is 0 Å². The Balaban J connectivity index is 2.29. The van der Waals surface area contributed by atoms with Gasteiger partial charge in [-0.25, -0.2) is 4.39 Å². The Morgan fingerprint density at radius 2 is 2.06 bits per heavy atom. The molecule has 1 aliphatic rings. The van der Waals surface area contributed by atoms with E-state index in [9.17, 15) is 4.39 Å². The van der Waals surface area contributed by atoms with Crippen LogP contribution in [0.1, 0.15) is 0 Å². The summed E-state index contributed by atoms with van der Waals surface area (Å²) >= 11 is 0. The number of halogens is 1. The molecule has 0 aliphatic carbocycles. The lowest BCUT2D eigenvalue weighted by atomic mass is 10.2. The maximum Gasteiger partial charge on any atom is 0.151 e. The van der Waals surface area contributed by atoms with Gasteiger partial charge in [-0.05, 0) is 6.07 Å². The van der Waals surface area contributed by atoms with Crippen molar-refractivity contribution in [2.75, 3.05) is 44.0 Å². The SMILES string of the molecule is COc1cc(N2CCOCC2)cc(F)c1N. The van der Waals surface area contributed by atoms with Crippen molar-refractivity contribution in [1.29, 1.82) is 0 Å². The predicted molar refractivity (Wildman–Crippen MR) is 60.4 cm³/mol. The van der Waals surface area contributed by atoms with E-state index in [4.69, 9.17) is 15.2 Å². The van der Waals surface area contributed by atoms with E-state index in [0.29, 0.717) is 19.0 Å². The molecule has 88 valence electrons. The number of ether oxygens (including phenoxy) is 2. The molecule has 2 N–H and O–H groups in total. The summed E-state index contributed by atoms with van der Waals surface area (Å²) in [5.41, 5.74) is 6.39. The van der Waals surface area contributed by atoms with Crippen LogP contribution in [0.25, 0.3) is 0 Å². The zero-order valence-corrected chi connectivity index (χ0v) is 9.20. The van der Waals surface area contributed by atoms with Gasteiger partial charge in [0.15, 0.2) is 5.82 Å². The first-order chi connectivity index (χ1) is 7.72. The zero-order chi connectivity index (χ0) is 11.5. The number of nitrogens with zero attached hydrogens (tertiary/aromatic N) is 1. The molecular weight excluding hydrogens is 211 g/mol. The Bertz CT molecular complexity index is 378. The molecule has 0 atom stereocenters. The molecule has 0 saturated carbocycles. The first-order valence-electron chi connectivity index (χ1n) is 5.18. The molecule has 1 aliphatic heterocycles. The zero-order valence-electron chi connectivity index (χ0n) is 9.20. The fraction of sp³-hybridized carbons (Fsp3) is 0.455. The Hall–Kier alpha value is -1.49. The highest BCUT2D eigenvalue weighted by Crippen LogP contribution is 2.30. The molecule has 16 heavy (non-hydrogen) atoms. The van der Waals surface area contributed by atoms with Gasteiger partial charge in [0, 0.05) is 24.8 Å². The summed E-state index contributed by atoms with van der Waals surface area (Å²) in [6.07, 6.45) is 0. The topological polar surface area (TPSA) is 47.7 Å². The highest BCUT2D eigenvalue weighted by atomic mass is 19.1. The van der Waals surface area contributed by atoms with Gasteiger partial charge in [0.1, 0.15) is 11.4 Å². The van der Waals surface area contributed by atoms with Gasteiger partial charge in [0.05, 0.1) is 20.3 Å². The Morgan fingerprint density at radius 1 is 1.38 bits per heavy atom. The molecule has 2 rings (SSSR count). The maximum absolute atomic E-state index is 13.5. The summed E-state index contributed by atoms with van der Waals surface area (Å²) in [5, 5.41) is 0. The molecule has 1 aromatic rings. The van der Waals surface area contributed by atoms with E-state index in [1.165, 1.54) is 13.2 Å². The van der Waals surface area contributed by atoms with Crippen LogP contribution in [0.2, 0.25) is 0 Å². The lowest BCUT2D eigenvalue weighted by molar-refractivity contribution is 0.122. The van der Waals surface area contributed by atoms with Gasteiger partial charge in [-0.1, -0.05) is 0 Å². The van der Waals surface area contributed by atoms with Crippen LogP contribution in [0, 0.1) is 5.82 Å². The van der Waals surface area contributed by atoms with Gasteiger partial charge in [0.2, 0.25) is 0 Å². The van der Waals surface area contributed by atoms with Crippen LogP contribution in [0.15, 0.2) is 12.1 Å². The second-order valence-corrected chi connectivity index (χ2v) is 3.64. The van der Waals surface area contributed by atoms with Gasteiger partial charge in [0.25, 0.3) is 0 Å². The number of hydrogen-bond donors (Lipinski definition) is 1. The highest BCUT2D eigenvalue weighted by molar-refractivity contribution is 5.63. The van der Waals surface area contributed by atoms with Gasteiger partial charge >= 0.3 is 0 Å². The second-order valence-electron chi connectivity index (χ2n) is 3.64. The first kappa shape index (κ1) is 11.0. The third kappa shape index (κ3) is 2.04. The molecule has 0 unspecified atom stereocenters. The van der Waals surface area contributed by atoms with E-state index in [2.05, 4.69) is 4.90 Å². The third-order valence-corrected chi connectivity index (χ3v) is 2.67. The molecule has 0 spiro atoms. The highest BCUT2D eigenvalue weighted by Gasteiger charge is 2.15. The van der Waals surface area contributed by atoms with Crippen molar-refractivity contribution < 1.29 is 13.9 Å². The van der Waals surface area contributed by atoms with E-state index in [0.717, 1.165) is 18.8 Å². The van der Waals surface area contributed by atoms with Crippen molar-refractivity contribution in [1.82, 2.24) is 0 Å². The van der Waals surface area contributed by atoms with Crippen LogP contribution >= 0.6 is 0 Å². The monoisotopic (exact) mass is 226 g/mol. The summed E-state index contributed by atoms with van der Waals surface area (Å²) in [5.74, 6) is -0.0673. The summed E-state index contributed by atoms with van der Waals surface area (Å²) < 4.78 is 23.8. The van der Waals surface area contributed by atoms with Gasteiger partial charge in [-0.3, -0.25) is 0 Å². The van der Waals surface area contributed by atoms with Crippen molar-refractivity contribution in [3.8, 4) is 5.75 Å². The molecule has 1 fully saturated rings. The van der Waals surface area contributed by atoms with Crippen LogP contribution in [-0.4, -0.2) is 33.4 Å². The fourth-order valence-corrected chi connectivity index (χ4v) is 1.75. The molecule has 0 aromatic heterocycles. The third-order valence-electron chi connectivity index (χ3n) is 2.67. The van der Waals surface area contributed by atoms with E-state index in [1.807, 2.05) is 0 Å². The van der Waals surface area contributed by atoms with E-state index in [1.54, 1.807) is 6.07 Å². The normalized spacial score (nSPS) is 16.2. The number of nitrogen functional groups attached to an aromatic ring is 1. The molecule has 1 aromatic carbocycles. The lowest BCUT2D eigenvalue weighted by Gasteiger charge is -2.29. The van der Waals surface area contributed by atoms with Crippen molar-refractivity contribution in [3.63, 3.8) is 0 Å². The average molecular weight is 226 g/mol. The molecule has 4 nitrogen and oxygen atoms in total. The fourth-order valence-electron chi connectivity index (χ4n) is 1.75. The molecule has 1 heterocycles. The summed E-state index contributed by atoms with van der Waals surface area (Å²) in [6.45, 7) is 2.83. The van der Waals surface area contributed by atoms with E-state index in [-0.39, 0.29) is 5.69 Å². The van der Waals surface area contributed by atoms with Crippen molar-refractivity contribution in [2.24, 2.45) is 0 Å². The second kappa shape index (κ2) is 4.57. The molecular formula is C11H15FN2O2. The minimum absolute atomic E-state index is 0.0551. The minimum atomic E-state index is -0.444. The van der Waals surface area contributed by atoms with Crippen LogP contribution in [-0.2, 0) is 4.74 Å². The molecule has 0 amide bonds. The Labute approximate surface area is 93.7 Å². The predicted octanol–water partition coefficient (Wildman–Crippen LogP) is 1.25.